The minimum absolute atomic E-state index is 0.147. The van der Waals surface area contributed by atoms with Crippen LogP contribution in [0.15, 0.2) is 0 Å². The Kier molecular flexibility index (Phi) is 5.60. The first-order valence-corrected chi connectivity index (χ1v) is 6.85. The SMILES string of the molecule is CCC1CCCC(NC(=O)NCC(C)(O)C(=O)O)C1. The summed E-state index contributed by atoms with van der Waals surface area (Å²) in [6.45, 7) is 3.00. The Balaban J connectivity index is 2.33. The number of aliphatic carboxylic acids is 1. The molecule has 0 spiro atoms. The van der Waals surface area contributed by atoms with Gasteiger partial charge in [0.25, 0.3) is 0 Å². The highest BCUT2D eigenvalue weighted by molar-refractivity contribution is 5.79. The van der Waals surface area contributed by atoms with E-state index in [-0.39, 0.29) is 12.6 Å². The lowest BCUT2D eigenvalue weighted by molar-refractivity contribution is -0.155. The molecule has 0 aromatic carbocycles. The van der Waals surface area contributed by atoms with Crippen LogP contribution < -0.4 is 10.6 Å². The average molecular weight is 272 g/mol. The van der Waals surface area contributed by atoms with Crippen molar-refractivity contribution < 1.29 is 19.8 Å². The molecule has 19 heavy (non-hydrogen) atoms. The maximum absolute atomic E-state index is 11.6. The number of carbonyl (C=O) groups is 2. The first-order valence-electron chi connectivity index (χ1n) is 6.85. The van der Waals surface area contributed by atoms with E-state index >= 15 is 0 Å². The maximum atomic E-state index is 11.6. The molecular formula is C13H24N2O4. The van der Waals surface area contributed by atoms with Crippen molar-refractivity contribution in [2.75, 3.05) is 6.54 Å². The van der Waals surface area contributed by atoms with Crippen molar-refractivity contribution in [1.82, 2.24) is 10.6 Å². The van der Waals surface area contributed by atoms with Crippen LogP contribution in [0.5, 0.6) is 0 Å². The van der Waals surface area contributed by atoms with Crippen molar-refractivity contribution >= 4 is 12.0 Å². The van der Waals surface area contributed by atoms with Crippen molar-refractivity contribution in [2.45, 2.75) is 57.6 Å². The number of hydrogen-bond donors (Lipinski definition) is 4. The van der Waals surface area contributed by atoms with Crippen LogP contribution in [-0.4, -0.2) is 40.4 Å². The van der Waals surface area contributed by atoms with Gasteiger partial charge in [0.1, 0.15) is 0 Å². The second-order valence-corrected chi connectivity index (χ2v) is 5.54. The predicted octanol–water partition coefficient (Wildman–Crippen LogP) is 1.09. The molecule has 1 fully saturated rings. The average Bonchev–Trinajstić information content (AvgIpc) is 2.36. The molecule has 3 atom stereocenters. The van der Waals surface area contributed by atoms with Crippen molar-refractivity contribution in [2.24, 2.45) is 5.92 Å². The fourth-order valence-electron chi connectivity index (χ4n) is 2.36. The molecule has 6 nitrogen and oxygen atoms in total. The van der Waals surface area contributed by atoms with Gasteiger partial charge in [0, 0.05) is 6.04 Å². The lowest BCUT2D eigenvalue weighted by Gasteiger charge is -2.29. The first kappa shape index (κ1) is 15.8. The highest BCUT2D eigenvalue weighted by atomic mass is 16.4. The lowest BCUT2D eigenvalue weighted by atomic mass is 9.84. The molecule has 0 aromatic rings. The molecule has 0 saturated heterocycles. The van der Waals surface area contributed by atoms with Gasteiger partial charge in [0.15, 0.2) is 5.60 Å². The summed E-state index contributed by atoms with van der Waals surface area (Å²) < 4.78 is 0. The Morgan fingerprint density at radius 3 is 2.63 bits per heavy atom. The number of amides is 2. The Bertz CT molecular complexity index is 331. The van der Waals surface area contributed by atoms with E-state index in [2.05, 4.69) is 17.6 Å². The van der Waals surface area contributed by atoms with Crippen LogP contribution in [0.25, 0.3) is 0 Å². The largest absolute Gasteiger partial charge is 0.479 e. The summed E-state index contributed by atoms with van der Waals surface area (Å²) in [7, 11) is 0. The standard InChI is InChI=1S/C13H24N2O4/c1-3-9-5-4-6-10(7-9)15-12(18)14-8-13(2,19)11(16)17/h9-10,19H,3-8H2,1-2H3,(H,16,17)(H2,14,15,18). The van der Waals surface area contributed by atoms with Gasteiger partial charge < -0.3 is 20.8 Å². The normalized spacial score (nSPS) is 26.3. The first-order chi connectivity index (χ1) is 8.85. The third-order valence-corrected chi connectivity index (χ3v) is 3.75. The number of carboxylic acids is 1. The van der Waals surface area contributed by atoms with Gasteiger partial charge in [-0.15, -0.1) is 0 Å². The van der Waals surface area contributed by atoms with E-state index in [0.29, 0.717) is 5.92 Å². The molecular weight excluding hydrogens is 248 g/mol. The summed E-state index contributed by atoms with van der Waals surface area (Å²) in [5, 5.41) is 23.4. The van der Waals surface area contributed by atoms with Gasteiger partial charge in [0.05, 0.1) is 6.54 Å². The number of carbonyl (C=O) groups excluding carboxylic acids is 1. The topological polar surface area (TPSA) is 98.7 Å². The van der Waals surface area contributed by atoms with E-state index in [4.69, 9.17) is 5.11 Å². The number of aliphatic hydroxyl groups is 1. The lowest BCUT2D eigenvalue weighted by Crippen LogP contribution is -2.51. The molecule has 0 aromatic heterocycles. The Hall–Kier alpha value is -1.30. The van der Waals surface area contributed by atoms with E-state index in [1.54, 1.807) is 0 Å². The summed E-state index contributed by atoms with van der Waals surface area (Å²) in [6, 6.07) is -0.267. The zero-order valence-corrected chi connectivity index (χ0v) is 11.6. The van der Waals surface area contributed by atoms with E-state index in [9.17, 15) is 14.7 Å². The summed E-state index contributed by atoms with van der Waals surface area (Å²) in [5.74, 6) is -0.697. The van der Waals surface area contributed by atoms with Crippen molar-refractivity contribution in [3.05, 3.63) is 0 Å². The number of rotatable bonds is 5. The van der Waals surface area contributed by atoms with Crippen LogP contribution in [0, 0.1) is 5.92 Å². The van der Waals surface area contributed by atoms with Gasteiger partial charge in [-0.1, -0.05) is 26.2 Å². The number of carboxylic acid groups (broad SMARTS) is 1. The zero-order valence-electron chi connectivity index (χ0n) is 11.6. The third kappa shape index (κ3) is 5.06. The molecule has 1 aliphatic carbocycles. The molecule has 3 unspecified atom stereocenters. The fourth-order valence-corrected chi connectivity index (χ4v) is 2.36. The molecule has 1 saturated carbocycles. The monoisotopic (exact) mass is 272 g/mol. The van der Waals surface area contributed by atoms with E-state index in [1.165, 1.54) is 6.42 Å². The third-order valence-electron chi connectivity index (χ3n) is 3.75. The van der Waals surface area contributed by atoms with Gasteiger partial charge in [0.2, 0.25) is 0 Å². The van der Waals surface area contributed by atoms with Crippen molar-refractivity contribution in [3.63, 3.8) is 0 Å². The van der Waals surface area contributed by atoms with E-state index in [1.807, 2.05) is 0 Å². The van der Waals surface area contributed by atoms with Gasteiger partial charge in [-0.2, -0.15) is 0 Å². The second kappa shape index (κ2) is 6.75. The summed E-state index contributed by atoms with van der Waals surface area (Å²) >= 11 is 0. The molecule has 1 aliphatic rings. The number of hydrogen-bond acceptors (Lipinski definition) is 3. The van der Waals surface area contributed by atoms with Gasteiger partial charge in [-0.3, -0.25) is 0 Å². The van der Waals surface area contributed by atoms with Gasteiger partial charge >= 0.3 is 12.0 Å². The van der Waals surface area contributed by atoms with Crippen LogP contribution in [0.3, 0.4) is 0 Å². The molecule has 0 heterocycles. The highest BCUT2D eigenvalue weighted by Crippen LogP contribution is 2.26. The zero-order chi connectivity index (χ0) is 14.5. The highest BCUT2D eigenvalue weighted by Gasteiger charge is 2.30. The second-order valence-electron chi connectivity index (χ2n) is 5.54. The molecule has 110 valence electrons. The smallest absolute Gasteiger partial charge is 0.337 e. The summed E-state index contributed by atoms with van der Waals surface area (Å²) in [6.07, 6.45) is 5.37. The van der Waals surface area contributed by atoms with Crippen LogP contribution in [-0.2, 0) is 4.79 Å². The minimum atomic E-state index is -1.93. The molecule has 0 bridgehead atoms. The quantitative estimate of drug-likeness (QED) is 0.602. The van der Waals surface area contributed by atoms with Crippen LogP contribution in [0.4, 0.5) is 4.79 Å². The van der Waals surface area contributed by atoms with E-state index in [0.717, 1.165) is 32.6 Å². The molecule has 1 rings (SSSR count). The van der Waals surface area contributed by atoms with Gasteiger partial charge in [-0.25, -0.2) is 9.59 Å². The molecule has 6 heteroatoms. The van der Waals surface area contributed by atoms with Crippen LogP contribution in [0.2, 0.25) is 0 Å². The number of nitrogens with one attached hydrogen (secondary N) is 2. The van der Waals surface area contributed by atoms with Crippen LogP contribution >= 0.6 is 0 Å². The summed E-state index contributed by atoms with van der Waals surface area (Å²) in [5.41, 5.74) is -1.93. The fraction of sp³-hybridized carbons (Fsp3) is 0.846. The minimum Gasteiger partial charge on any atom is -0.479 e. The summed E-state index contributed by atoms with van der Waals surface area (Å²) in [4.78, 5) is 22.3. The Morgan fingerprint density at radius 1 is 1.37 bits per heavy atom. The Morgan fingerprint density at radius 2 is 2.05 bits per heavy atom. The molecule has 2 amide bonds. The van der Waals surface area contributed by atoms with Crippen molar-refractivity contribution in [3.8, 4) is 0 Å². The predicted molar refractivity (Wildman–Crippen MR) is 70.8 cm³/mol. The molecule has 0 aliphatic heterocycles. The van der Waals surface area contributed by atoms with E-state index < -0.39 is 17.6 Å². The Labute approximate surface area is 113 Å². The molecule has 4 N–H and O–H groups in total. The molecule has 0 radical (unpaired) electrons. The van der Waals surface area contributed by atoms with Crippen molar-refractivity contribution in [1.29, 1.82) is 0 Å². The number of urea groups is 1. The van der Waals surface area contributed by atoms with Crippen LogP contribution in [0.1, 0.15) is 46.0 Å². The maximum Gasteiger partial charge on any atom is 0.337 e. The van der Waals surface area contributed by atoms with Gasteiger partial charge in [-0.05, 0) is 25.7 Å².